The third-order valence-corrected chi connectivity index (χ3v) is 1.40. The molecule has 1 heterocycles. The molecule has 0 atom stereocenters. The molecule has 0 aliphatic heterocycles. The van der Waals surface area contributed by atoms with Crippen LogP contribution < -0.4 is 17.2 Å². The SMILES string of the molecule is C=CP(=O)(O)O.Nc1nc(N)nc(N)n1. The molecule has 0 amide bonds. The summed E-state index contributed by atoms with van der Waals surface area (Å²) < 4.78 is 9.58. The van der Waals surface area contributed by atoms with Crippen molar-refractivity contribution in [2.45, 2.75) is 0 Å². The van der Waals surface area contributed by atoms with Gasteiger partial charge in [0.15, 0.2) is 0 Å². The Kier molecular flexibility index (Phi) is 4.65. The van der Waals surface area contributed by atoms with Gasteiger partial charge in [-0.15, -0.1) is 0 Å². The highest BCUT2D eigenvalue weighted by Crippen LogP contribution is 2.34. The summed E-state index contributed by atoms with van der Waals surface area (Å²) in [5.74, 6) is 0.729. The van der Waals surface area contributed by atoms with E-state index in [1.165, 1.54) is 0 Å². The van der Waals surface area contributed by atoms with Crippen molar-refractivity contribution in [3.63, 3.8) is 0 Å². The molecule has 0 bridgehead atoms. The topological polar surface area (TPSA) is 174 Å². The molecule has 9 nitrogen and oxygen atoms in total. The summed E-state index contributed by atoms with van der Waals surface area (Å²) in [4.78, 5) is 26.1. The monoisotopic (exact) mass is 234 g/mol. The predicted octanol–water partition coefficient (Wildman–Crippen LogP) is -1.07. The van der Waals surface area contributed by atoms with Crippen molar-refractivity contribution in [2.75, 3.05) is 17.2 Å². The Hall–Kier alpha value is -1.70. The van der Waals surface area contributed by atoms with E-state index in [0.29, 0.717) is 5.82 Å². The lowest BCUT2D eigenvalue weighted by molar-refractivity contribution is 0.386. The van der Waals surface area contributed by atoms with Gasteiger partial charge in [-0.1, -0.05) is 6.58 Å². The zero-order chi connectivity index (χ0) is 12.1. The van der Waals surface area contributed by atoms with Crippen LogP contribution in [0.5, 0.6) is 0 Å². The first kappa shape index (κ1) is 13.3. The van der Waals surface area contributed by atoms with Gasteiger partial charge in [0.2, 0.25) is 17.8 Å². The highest BCUT2D eigenvalue weighted by Gasteiger charge is 2.01. The maximum absolute atomic E-state index is 9.58. The van der Waals surface area contributed by atoms with E-state index in [0.717, 1.165) is 0 Å². The molecule has 0 unspecified atom stereocenters. The van der Waals surface area contributed by atoms with Gasteiger partial charge >= 0.3 is 7.60 Å². The lowest BCUT2D eigenvalue weighted by Gasteiger charge is -1.93. The lowest BCUT2D eigenvalue weighted by atomic mass is 10.9. The number of anilines is 3. The minimum Gasteiger partial charge on any atom is -0.368 e. The van der Waals surface area contributed by atoms with Crippen LogP contribution in [0.15, 0.2) is 12.4 Å². The van der Waals surface area contributed by atoms with Crippen molar-refractivity contribution < 1.29 is 14.4 Å². The van der Waals surface area contributed by atoms with Gasteiger partial charge in [0.1, 0.15) is 0 Å². The van der Waals surface area contributed by atoms with Gasteiger partial charge in [0.05, 0.1) is 0 Å². The molecular weight excluding hydrogens is 223 g/mol. The largest absolute Gasteiger partial charge is 0.368 e. The molecule has 8 N–H and O–H groups in total. The van der Waals surface area contributed by atoms with Crippen LogP contribution in [0.2, 0.25) is 0 Å². The number of nitrogen functional groups attached to an aromatic ring is 3. The average Bonchev–Trinajstić information content (AvgIpc) is 2.01. The maximum atomic E-state index is 9.58. The van der Waals surface area contributed by atoms with E-state index in [2.05, 4.69) is 21.5 Å². The third-order valence-electron chi connectivity index (χ3n) is 0.925. The number of rotatable bonds is 1. The minimum absolute atomic E-state index is 0.0417. The molecule has 1 rings (SSSR count). The molecular formula is C5H11N6O3P. The predicted molar refractivity (Wildman–Crippen MR) is 55.3 cm³/mol. The van der Waals surface area contributed by atoms with E-state index in [1.54, 1.807) is 0 Å². The van der Waals surface area contributed by atoms with Crippen LogP contribution in [0.3, 0.4) is 0 Å². The van der Waals surface area contributed by atoms with Gasteiger partial charge < -0.3 is 27.0 Å². The highest BCUT2D eigenvalue weighted by molar-refractivity contribution is 7.55. The van der Waals surface area contributed by atoms with E-state index in [-0.39, 0.29) is 17.8 Å². The second-order valence-corrected chi connectivity index (χ2v) is 3.73. The van der Waals surface area contributed by atoms with E-state index in [1.807, 2.05) is 0 Å². The first-order chi connectivity index (χ1) is 6.74. The van der Waals surface area contributed by atoms with Gasteiger partial charge in [-0.05, 0) is 0 Å². The summed E-state index contributed by atoms with van der Waals surface area (Å²) in [6.07, 6.45) is 0. The molecule has 1 aromatic rings. The van der Waals surface area contributed by atoms with Crippen LogP contribution in [0.25, 0.3) is 0 Å². The van der Waals surface area contributed by atoms with Crippen molar-refractivity contribution in [3.05, 3.63) is 12.4 Å². The molecule has 0 aromatic carbocycles. The quantitative estimate of drug-likeness (QED) is 0.378. The molecule has 0 saturated heterocycles. The number of hydrogen-bond acceptors (Lipinski definition) is 7. The second-order valence-electron chi connectivity index (χ2n) is 2.18. The van der Waals surface area contributed by atoms with Crippen LogP contribution in [-0.4, -0.2) is 24.7 Å². The standard InChI is InChI=1S/C3H6N6.C2H5O3P/c4-1-7-2(5)9-3(6)8-1;1-2-6(3,4)5/h(H6,4,5,6,7,8,9);2H,1H2,(H2,3,4,5). The fourth-order valence-electron chi connectivity index (χ4n) is 0.427. The van der Waals surface area contributed by atoms with Crippen molar-refractivity contribution in [3.8, 4) is 0 Å². The molecule has 0 aliphatic rings. The van der Waals surface area contributed by atoms with Crippen molar-refractivity contribution >= 4 is 25.4 Å². The summed E-state index contributed by atoms with van der Waals surface area (Å²) in [7, 11) is -3.88. The molecule has 10 heteroatoms. The smallest absolute Gasteiger partial charge is 0.348 e. The van der Waals surface area contributed by atoms with E-state index in [9.17, 15) is 4.57 Å². The van der Waals surface area contributed by atoms with Gasteiger partial charge in [-0.25, -0.2) is 0 Å². The summed E-state index contributed by atoms with van der Waals surface area (Å²) in [6.45, 7) is 2.87. The summed E-state index contributed by atoms with van der Waals surface area (Å²) in [6, 6.07) is 0. The number of hydrogen-bond donors (Lipinski definition) is 5. The van der Waals surface area contributed by atoms with Gasteiger partial charge in [-0.2, -0.15) is 15.0 Å². The number of aromatic nitrogens is 3. The van der Waals surface area contributed by atoms with Crippen LogP contribution in [0.1, 0.15) is 0 Å². The highest BCUT2D eigenvalue weighted by atomic mass is 31.2. The van der Waals surface area contributed by atoms with Crippen molar-refractivity contribution in [1.29, 1.82) is 0 Å². The zero-order valence-electron chi connectivity index (χ0n) is 7.61. The molecule has 0 saturated carbocycles. The summed E-state index contributed by atoms with van der Waals surface area (Å²) in [5, 5.41) is 0. The summed E-state index contributed by atoms with van der Waals surface area (Å²) >= 11 is 0. The average molecular weight is 234 g/mol. The van der Waals surface area contributed by atoms with E-state index in [4.69, 9.17) is 27.0 Å². The third kappa shape index (κ3) is 7.38. The zero-order valence-corrected chi connectivity index (χ0v) is 8.50. The van der Waals surface area contributed by atoms with E-state index >= 15 is 0 Å². The Morgan fingerprint density at radius 3 is 1.40 bits per heavy atom. The van der Waals surface area contributed by atoms with E-state index < -0.39 is 7.60 Å². The van der Waals surface area contributed by atoms with Crippen molar-refractivity contribution in [1.82, 2.24) is 15.0 Å². The molecule has 0 spiro atoms. The molecule has 0 radical (unpaired) electrons. The fourth-order valence-corrected chi connectivity index (χ4v) is 0.427. The molecule has 0 aliphatic carbocycles. The Morgan fingerprint density at radius 1 is 1.07 bits per heavy atom. The molecule has 15 heavy (non-hydrogen) atoms. The van der Waals surface area contributed by atoms with Gasteiger partial charge in [0, 0.05) is 5.82 Å². The lowest BCUT2D eigenvalue weighted by Crippen LogP contribution is -2.05. The normalized spacial score (nSPS) is 10.0. The molecule has 1 aromatic heterocycles. The first-order valence-electron chi connectivity index (χ1n) is 3.46. The summed E-state index contributed by atoms with van der Waals surface area (Å²) in [5.41, 5.74) is 15.4. The Morgan fingerprint density at radius 2 is 1.27 bits per heavy atom. The van der Waals surface area contributed by atoms with Crippen LogP contribution >= 0.6 is 7.60 Å². The maximum Gasteiger partial charge on any atom is 0.348 e. The minimum atomic E-state index is -3.88. The van der Waals surface area contributed by atoms with Crippen LogP contribution in [-0.2, 0) is 4.57 Å². The number of nitrogens with two attached hydrogens (primary N) is 3. The van der Waals surface area contributed by atoms with Crippen LogP contribution in [0, 0.1) is 0 Å². The second kappa shape index (κ2) is 5.25. The van der Waals surface area contributed by atoms with Gasteiger partial charge in [-0.3, -0.25) is 4.57 Å². The van der Waals surface area contributed by atoms with Crippen LogP contribution in [0.4, 0.5) is 17.8 Å². The Labute approximate surface area is 85.2 Å². The van der Waals surface area contributed by atoms with Crippen molar-refractivity contribution in [2.24, 2.45) is 0 Å². The number of nitrogens with zero attached hydrogens (tertiary/aromatic N) is 3. The first-order valence-corrected chi connectivity index (χ1v) is 5.14. The van der Waals surface area contributed by atoms with Gasteiger partial charge in [0.25, 0.3) is 0 Å². The Bertz CT molecular complexity index is 340. The Balaban J connectivity index is 0.000000288. The molecule has 84 valence electrons. The fraction of sp³-hybridized carbons (Fsp3) is 0. The molecule has 0 fully saturated rings.